The molecular formula is C45H47N13O4. The number of rotatable bonds is 6. The molecule has 0 aliphatic carbocycles. The maximum Gasteiger partial charge on any atom is 0.324 e. The fourth-order valence-electron chi connectivity index (χ4n) is 8.88. The summed E-state index contributed by atoms with van der Waals surface area (Å²) in [5, 5.41) is 13.8. The van der Waals surface area contributed by atoms with Crippen LogP contribution in [0, 0.1) is 0 Å². The van der Waals surface area contributed by atoms with Gasteiger partial charge in [-0.2, -0.15) is 10.2 Å². The van der Waals surface area contributed by atoms with Crippen LogP contribution < -0.4 is 31.1 Å². The normalized spacial score (nSPS) is 18.2. The van der Waals surface area contributed by atoms with Gasteiger partial charge in [0.15, 0.2) is 0 Å². The number of hydrogen-bond acceptors (Lipinski definition) is 9. The lowest BCUT2D eigenvalue weighted by Crippen LogP contribution is -2.48. The molecule has 6 amide bonds. The molecule has 2 fully saturated rings. The molecule has 17 nitrogen and oxygen atoms in total. The van der Waals surface area contributed by atoms with Gasteiger partial charge in [-0.05, 0) is 84.6 Å². The largest absolute Gasteiger partial charge is 0.366 e. The van der Waals surface area contributed by atoms with Crippen molar-refractivity contribution in [1.82, 2.24) is 35.2 Å². The predicted octanol–water partition coefficient (Wildman–Crippen LogP) is 5.55. The molecule has 0 bridgehead atoms. The number of pyridine rings is 1. The third kappa shape index (κ3) is 7.87. The Morgan fingerprint density at radius 3 is 1.45 bits per heavy atom. The van der Waals surface area contributed by atoms with Crippen LogP contribution in [-0.4, -0.2) is 111 Å². The van der Waals surface area contributed by atoms with Crippen LogP contribution in [-0.2, 0) is 0 Å². The molecule has 3 aromatic heterocycles. The molecule has 0 spiro atoms. The molecule has 4 aliphatic rings. The fraction of sp³-hybridized carbons (Fsp3) is 0.267. The number of H-pyrrole nitrogens is 2. The molecule has 7 heterocycles. The van der Waals surface area contributed by atoms with E-state index in [9.17, 15) is 19.2 Å². The van der Waals surface area contributed by atoms with Crippen molar-refractivity contribution in [3.05, 3.63) is 138 Å². The number of primary amides is 2. The first-order valence-corrected chi connectivity index (χ1v) is 20.7. The SMILES string of the molecule is NC(=O)c1ccc(N2CCN(C(=O)N3CCC(c4cn[nH]c4)C3)c3ccccc32)cc1.NC(=O)c1ccc(N2CCN(C(=O)N3CCC(c4cn[nH]c4)C3)c3ccccc32)cn1. The first-order chi connectivity index (χ1) is 30.2. The van der Waals surface area contributed by atoms with Crippen molar-refractivity contribution in [1.29, 1.82) is 0 Å². The van der Waals surface area contributed by atoms with Gasteiger partial charge in [0.2, 0.25) is 5.91 Å². The highest BCUT2D eigenvalue weighted by Gasteiger charge is 2.36. The summed E-state index contributed by atoms with van der Waals surface area (Å²) in [6.07, 6.45) is 11.0. The number of nitrogens with zero attached hydrogens (tertiary/aromatic N) is 9. The number of para-hydroxylation sites is 4. The van der Waals surface area contributed by atoms with E-state index >= 15 is 0 Å². The lowest BCUT2D eigenvalue weighted by molar-refractivity contribution is 0.0989. The number of carbonyl (C=O) groups excluding carboxylic acids is 4. The molecule has 6 aromatic rings. The van der Waals surface area contributed by atoms with Crippen molar-refractivity contribution in [2.75, 3.05) is 72.0 Å². The monoisotopic (exact) mass is 833 g/mol. The number of carbonyl (C=O) groups is 4. The smallest absolute Gasteiger partial charge is 0.324 e. The maximum absolute atomic E-state index is 13.4. The standard InChI is InChI=1S/C23H24N6O2.C22H23N7O2/c24-22(30)16-5-7-19(8-6-16)28-11-12-29(21-4-2-1-3-20(21)28)23(31)27-10-9-17(15-27)18-13-25-26-14-18;23-21(30)18-6-5-17(13-24-18)28-9-10-29(20-4-2-1-3-19(20)28)22(31)27-8-7-15(14-27)16-11-25-26-12-16/h1-8,13-14,17H,9-12,15H2,(H2,24,30)(H,25,26);1-6,11-13,15H,7-10,14H2,(H2,23,30)(H,25,26). The van der Waals surface area contributed by atoms with Crippen molar-refractivity contribution >= 4 is 58.0 Å². The van der Waals surface area contributed by atoms with E-state index in [0.717, 1.165) is 71.2 Å². The number of aromatic nitrogens is 5. The van der Waals surface area contributed by atoms with Gasteiger partial charge in [0.1, 0.15) is 5.69 Å². The average molecular weight is 834 g/mol. The number of amides is 6. The molecule has 3 aromatic carbocycles. The summed E-state index contributed by atoms with van der Waals surface area (Å²) >= 11 is 0. The molecule has 0 saturated carbocycles. The Kier molecular flexibility index (Phi) is 11.0. The average Bonchev–Trinajstić information content (AvgIpc) is 4.17. The van der Waals surface area contributed by atoms with Gasteiger partial charge in [0.25, 0.3) is 5.91 Å². The lowest BCUT2D eigenvalue weighted by atomic mass is 10.0. The first kappa shape index (κ1) is 39.8. The van der Waals surface area contributed by atoms with Crippen LogP contribution in [0.15, 0.2) is 116 Å². The van der Waals surface area contributed by atoms with E-state index in [1.807, 2.05) is 111 Å². The zero-order chi connectivity index (χ0) is 42.7. The zero-order valence-corrected chi connectivity index (χ0v) is 34.0. The third-order valence-electron chi connectivity index (χ3n) is 12.2. The van der Waals surface area contributed by atoms with Crippen molar-refractivity contribution in [2.24, 2.45) is 11.5 Å². The molecule has 62 heavy (non-hydrogen) atoms. The quantitative estimate of drug-likeness (QED) is 0.166. The minimum atomic E-state index is -0.554. The Morgan fingerprint density at radius 1 is 0.532 bits per heavy atom. The number of nitrogens with two attached hydrogens (primary N) is 2. The van der Waals surface area contributed by atoms with Crippen LogP contribution in [0.5, 0.6) is 0 Å². The second-order valence-electron chi connectivity index (χ2n) is 15.8. The van der Waals surface area contributed by atoms with Crippen molar-refractivity contribution in [3.8, 4) is 0 Å². The van der Waals surface area contributed by atoms with Crippen LogP contribution >= 0.6 is 0 Å². The van der Waals surface area contributed by atoms with E-state index in [-0.39, 0.29) is 17.8 Å². The highest BCUT2D eigenvalue weighted by molar-refractivity contribution is 5.99. The fourth-order valence-corrected chi connectivity index (χ4v) is 8.88. The number of benzene rings is 3. The molecular weight excluding hydrogens is 787 g/mol. The number of likely N-dealkylation sites (tertiary alicyclic amines) is 2. The number of aromatic amines is 2. The number of urea groups is 2. The molecule has 6 N–H and O–H groups in total. The van der Waals surface area contributed by atoms with E-state index in [4.69, 9.17) is 11.5 Å². The molecule has 4 aliphatic heterocycles. The van der Waals surface area contributed by atoms with E-state index in [1.54, 1.807) is 24.4 Å². The summed E-state index contributed by atoms with van der Waals surface area (Å²) in [5.41, 5.74) is 19.1. The Bertz CT molecular complexity index is 2370. The van der Waals surface area contributed by atoms with Gasteiger partial charge in [-0.1, -0.05) is 24.3 Å². The second-order valence-corrected chi connectivity index (χ2v) is 15.8. The first-order valence-electron chi connectivity index (χ1n) is 20.7. The Morgan fingerprint density at radius 2 is 1.02 bits per heavy atom. The number of hydrogen-bond donors (Lipinski definition) is 4. The third-order valence-corrected chi connectivity index (χ3v) is 12.2. The maximum atomic E-state index is 13.4. The van der Waals surface area contributed by atoms with Gasteiger partial charge in [-0.25, -0.2) is 14.6 Å². The van der Waals surface area contributed by atoms with E-state index in [1.165, 1.54) is 0 Å². The van der Waals surface area contributed by atoms with Crippen molar-refractivity contribution < 1.29 is 19.2 Å². The van der Waals surface area contributed by atoms with Gasteiger partial charge in [0, 0.05) is 87.8 Å². The topological polar surface area (TPSA) is 210 Å². The zero-order valence-electron chi connectivity index (χ0n) is 34.0. The Labute approximate surface area is 357 Å². The van der Waals surface area contributed by atoms with Gasteiger partial charge < -0.3 is 31.1 Å². The summed E-state index contributed by atoms with van der Waals surface area (Å²) in [5.74, 6) is -0.361. The van der Waals surface area contributed by atoms with Crippen LogP contribution in [0.2, 0.25) is 0 Å². The van der Waals surface area contributed by atoms with Gasteiger partial charge in [0.05, 0.1) is 47.0 Å². The minimum absolute atomic E-state index is 0.0281. The number of anilines is 6. The van der Waals surface area contributed by atoms with E-state index in [0.29, 0.717) is 56.7 Å². The summed E-state index contributed by atoms with van der Waals surface area (Å²) < 4.78 is 0. The molecule has 10 rings (SSSR count). The lowest BCUT2D eigenvalue weighted by Gasteiger charge is -2.39. The summed E-state index contributed by atoms with van der Waals surface area (Å²) in [4.78, 5) is 65.5. The molecule has 2 unspecified atom stereocenters. The van der Waals surface area contributed by atoms with Crippen LogP contribution in [0.4, 0.5) is 43.7 Å². The molecule has 17 heteroatoms. The van der Waals surface area contributed by atoms with Gasteiger partial charge in [-0.15, -0.1) is 0 Å². The Balaban J connectivity index is 0.000000158. The minimum Gasteiger partial charge on any atom is -0.366 e. The Hall–Kier alpha value is -7.69. The van der Waals surface area contributed by atoms with E-state index < -0.39 is 11.8 Å². The summed E-state index contributed by atoms with van der Waals surface area (Å²) in [6, 6.07) is 26.6. The second kappa shape index (κ2) is 17.1. The highest BCUT2D eigenvalue weighted by atomic mass is 16.2. The molecule has 2 atom stereocenters. The highest BCUT2D eigenvalue weighted by Crippen LogP contribution is 2.40. The molecule has 2 saturated heterocycles. The van der Waals surface area contributed by atoms with Gasteiger partial charge in [-0.3, -0.25) is 29.6 Å². The van der Waals surface area contributed by atoms with E-state index in [2.05, 4.69) is 35.2 Å². The molecule has 316 valence electrons. The van der Waals surface area contributed by atoms with Crippen molar-refractivity contribution in [3.63, 3.8) is 0 Å². The van der Waals surface area contributed by atoms with Gasteiger partial charge >= 0.3 is 12.1 Å². The van der Waals surface area contributed by atoms with Crippen LogP contribution in [0.3, 0.4) is 0 Å². The number of fused-ring (bicyclic) bond motifs is 2. The molecule has 0 radical (unpaired) electrons. The van der Waals surface area contributed by atoms with Crippen LogP contribution in [0.25, 0.3) is 0 Å². The van der Waals surface area contributed by atoms with Crippen LogP contribution in [0.1, 0.15) is 56.7 Å². The summed E-state index contributed by atoms with van der Waals surface area (Å²) in [6.45, 7) is 5.30. The predicted molar refractivity (Wildman–Crippen MR) is 235 cm³/mol. The van der Waals surface area contributed by atoms with Crippen molar-refractivity contribution in [2.45, 2.75) is 24.7 Å². The summed E-state index contributed by atoms with van der Waals surface area (Å²) in [7, 11) is 0. The number of nitrogens with one attached hydrogen (secondary N) is 2.